The first kappa shape index (κ1) is 19.2. The van der Waals surface area contributed by atoms with Gasteiger partial charge in [-0.1, -0.05) is 43.0 Å². The first-order chi connectivity index (χ1) is 13.7. The molecule has 1 saturated carbocycles. The molecule has 28 heavy (non-hydrogen) atoms. The van der Waals surface area contributed by atoms with Crippen molar-refractivity contribution in [2.45, 2.75) is 51.0 Å². The highest BCUT2D eigenvalue weighted by Gasteiger charge is 2.27. The minimum absolute atomic E-state index is 0.125. The van der Waals surface area contributed by atoms with E-state index in [9.17, 15) is 4.79 Å². The average molecular weight is 399 g/mol. The lowest BCUT2D eigenvalue weighted by atomic mass is 9.92. The highest BCUT2D eigenvalue weighted by Crippen LogP contribution is 2.25. The second-order valence-electron chi connectivity index (χ2n) is 7.89. The molecule has 2 aromatic rings. The Hall–Kier alpha value is -2.14. The number of rotatable bonds is 4. The number of piperidine rings is 1. The van der Waals surface area contributed by atoms with Crippen molar-refractivity contribution in [1.29, 1.82) is 0 Å². The third kappa shape index (κ3) is 4.64. The number of carbonyl (C=O) groups is 1. The summed E-state index contributed by atoms with van der Waals surface area (Å²) in [6.45, 7) is 1.69. The quantitative estimate of drug-likeness (QED) is 0.825. The van der Waals surface area contributed by atoms with Gasteiger partial charge < -0.3 is 10.2 Å². The molecule has 2 heterocycles. The highest BCUT2D eigenvalue weighted by molar-refractivity contribution is 6.30. The van der Waals surface area contributed by atoms with E-state index in [2.05, 4.69) is 20.4 Å². The third-order valence-corrected chi connectivity index (χ3v) is 6.18. The van der Waals surface area contributed by atoms with E-state index < -0.39 is 0 Å². The normalized spacial score (nSPS) is 18.8. The van der Waals surface area contributed by atoms with Crippen LogP contribution in [0.4, 0.5) is 5.82 Å². The van der Waals surface area contributed by atoms with Gasteiger partial charge in [-0.25, -0.2) is 0 Å². The summed E-state index contributed by atoms with van der Waals surface area (Å²) < 4.78 is 0. The molecule has 4 rings (SSSR count). The summed E-state index contributed by atoms with van der Waals surface area (Å²) in [6, 6.07) is 12.0. The number of aromatic nitrogens is 2. The number of amides is 1. The van der Waals surface area contributed by atoms with Crippen molar-refractivity contribution in [2.24, 2.45) is 5.92 Å². The number of hydrogen-bond acceptors (Lipinski definition) is 4. The Labute approximate surface area is 171 Å². The summed E-state index contributed by atoms with van der Waals surface area (Å²) in [5.74, 6) is 1.25. The van der Waals surface area contributed by atoms with Crippen LogP contribution in [0.25, 0.3) is 11.3 Å². The van der Waals surface area contributed by atoms with Crippen LogP contribution in [-0.2, 0) is 4.79 Å². The van der Waals surface area contributed by atoms with Gasteiger partial charge in [0.25, 0.3) is 0 Å². The number of carbonyl (C=O) groups excluding carboxylic acids is 1. The van der Waals surface area contributed by atoms with E-state index in [0.29, 0.717) is 11.1 Å². The molecule has 1 amide bonds. The van der Waals surface area contributed by atoms with Crippen molar-refractivity contribution < 1.29 is 4.79 Å². The van der Waals surface area contributed by atoms with Crippen LogP contribution in [0.15, 0.2) is 36.4 Å². The highest BCUT2D eigenvalue weighted by atomic mass is 35.5. The van der Waals surface area contributed by atoms with E-state index in [4.69, 9.17) is 11.6 Å². The summed E-state index contributed by atoms with van der Waals surface area (Å²) in [6.07, 6.45) is 7.82. The molecule has 6 heteroatoms. The molecule has 1 aromatic carbocycles. The average Bonchev–Trinajstić information content (AvgIpc) is 2.75. The van der Waals surface area contributed by atoms with Crippen LogP contribution in [-0.4, -0.2) is 35.2 Å². The lowest BCUT2D eigenvalue weighted by molar-refractivity contribution is -0.126. The van der Waals surface area contributed by atoms with E-state index in [1.54, 1.807) is 0 Å². The van der Waals surface area contributed by atoms with Crippen LogP contribution in [0.2, 0.25) is 5.02 Å². The van der Waals surface area contributed by atoms with Gasteiger partial charge in [-0.2, -0.15) is 0 Å². The number of nitrogens with one attached hydrogen (secondary N) is 1. The molecule has 5 nitrogen and oxygen atoms in total. The molecular weight excluding hydrogens is 372 g/mol. The van der Waals surface area contributed by atoms with E-state index in [-0.39, 0.29) is 11.8 Å². The Kier molecular flexibility index (Phi) is 6.10. The SMILES string of the molecule is O=C(NC1CCCCC1)C1CCN(c2ccc(-c3ccc(Cl)cc3)nn2)CC1. The Morgan fingerprint density at radius 1 is 0.929 bits per heavy atom. The molecule has 0 spiro atoms. The maximum Gasteiger partial charge on any atom is 0.223 e. The summed E-state index contributed by atoms with van der Waals surface area (Å²) >= 11 is 5.94. The fourth-order valence-corrected chi connectivity index (χ4v) is 4.33. The monoisotopic (exact) mass is 398 g/mol. The molecule has 2 aliphatic rings. The van der Waals surface area contributed by atoms with Crippen LogP contribution < -0.4 is 10.2 Å². The minimum Gasteiger partial charge on any atom is -0.355 e. The molecule has 1 aliphatic heterocycles. The molecule has 1 aromatic heterocycles. The molecule has 2 fully saturated rings. The second kappa shape index (κ2) is 8.91. The number of halogens is 1. The van der Waals surface area contributed by atoms with Gasteiger partial charge in [0.15, 0.2) is 5.82 Å². The third-order valence-electron chi connectivity index (χ3n) is 5.93. The van der Waals surface area contributed by atoms with Crippen molar-refractivity contribution in [3.63, 3.8) is 0 Å². The molecule has 0 unspecified atom stereocenters. The van der Waals surface area contributed by atoms with E-state index >= 15 is 0 Å². The van der Waals surface area contributed by atoms with Gasteiger partial charge in [-0.3, -0.25) is 4.79 Å². The Morgan fingerprint density at radius 2 is 1.64 bits per heavy atom. The van der Waals surface area contributed by atoms with Crippen LogP contribution in [0.1, 0.15) is 44.9 Å². The van der Waals surface area contributed by atoms with Crippen LogP contribution in [0.5, 0.6) is 0 Å². The summed E-state index contributed by atoms with van der Waals surface area (Å²) in [5, 5.41) is 12.8. The van der Waals surface area contributed by atoms with E-state index in [1.165, 1.54) is 19.3 Å². The number of benzene rings is 1. The molecule has 1 aliphatic carbocycles. The summed E-state index contributed by atoms with van der Waals surface area (Å²) in [4.78, 5) is 14.8. The van der Waals surface area contributed by atoms with Crippen LogP contribution in [0.3, 0.4) is 0 Å². The summed E-state index contributed by atoms with van der Waals surface area (Å²) in [7, 11) is 0. The Balaban J connectivity index is 1.30. The zero-order chi connectivity index (χ0) is 19.3. The van der Waals surface area contributed by atoms with Crippen molar-refractivity contribution in [1.82, 2.24) is 15.5 Å². The molecule has 148 valence electrons. The van der Waals surface area contributed by atoms with Gasteiger partial charge in [0.1, 0.15) is 0 Å². The molecule has 1 N–H and O–H groups in total. The largest absolute Gasteiger partial charge is 0.355 e. The van der Waals surface area contributed by atoms with Gasteiger partial charge in [-0.05, 0) is 49.9 Å². The minimum atomic E-state index is 0.125. The lowest BCUT2D eigenvalue weighted by Crippen LogP contribution is -2.44. The molecule has 0 radical (unpaired) electrons. The van der Waals surface area contributed by atoms with Crippen molar-refractivity contribution in [3.8, 4) is 11.3 Å². The van der Waals surface area contributed by atoms with Crippen molar-refractivity contribution in [3.05, 3.63) is 41.4 Å². The van der Waals surface area contributed by atoms with Crippen LogP contribution in [0, 0.1) is 5.92 Å². The number of anilines is 1. The van der Waals surface area contributed by atoms with Gasteiger partial charge >= 0.3 is 0 Å². The predicted molar refractivity (Wildman–Crippen MR) is 112 cm³/mol. The predicted octanol–water partition coefficient (Wildman–Crippen LogP) is 4.46. The zero-order valence-electron chi connectivity index (χ0n) is 16.1. The Bertz CT molecular complexity index is 779. The van der Waals surface area contributed by atoms with Crippen molar-refractivity contribution >= 4 is 23.3 Å². The zero-order valence-corrected chi connectivity index (χ0v) is 16.9. The summed E-state index contributed by atoms with van der Waals surface area (Å²) in [5.41, 5.74) is 1.84. The topological polar surface area (TPSA) is 58.1 Å². The van der Waals surface area contributed by atoms with E-state index in [1.807, 2.05) is 36.4 Å². The molecular formula is C22H27ClN4O. The fraction of sp³-hybridized carbons (Fsp3) is 0.500. The first-order valence-corrected chi connectivity index (χ1v) is 10.7. The maximum absolute atomic E-state index is 12.6. The van der Waals surface area contributed by atoms with Crippen molar-refractivity contribution in [2.75, 3.05) is 18.0 Å². The van der Waals surface area contributed by atoms with Gasteiger partial charge in [0.2, 0.25) is 5.91 Å². The fourth-order valence-electron chi connectivity index (χ4n) is 4.21. The van der Waals surface area contributed by atoms with E-state index in [0.717, 1.165) is 55.8 Å². The smallest absolute Gasteiger partial charge is 0.223 e. The number of nitrogens with zero attached hydrogens (tertiary/aromatic N) is 3. The maximum atomic E-state index is 12.6. The van der Waals surface area contributed by atoms with Gasteiger partial charge in [0, 0.05) is 35.6 Å². The first-order valence-electron chi connectivity index (χ1n) is 10.3. The Morgan fingerprint density at radius 3 is 2.29 bits per heavy atom. The molecule has 0 atom stereocenters. The molecule has 1 saturated heterocycles. The molecule has 0 bridgehead atoms. The second-order valence-corrected chi connectivity index (χ2v) is 8.32. The standard InChI is InChI=1S/C22H27ClN4O/c23-18-8-6-16(7-9-18)20-10-11-21(26-25-20)27-14-12-17(13-15-27)22(28)24-19-4-2-1-3-5-19/h6-11,17,19H,1-5,12-15H2,(H,24,28). The number of hydrogen-bond donors (Lipinski definition) is 1. The van der Waals surface area contributed by atoms with Gasteiger partial charge in [-0.15, -0.1) is 10.2 Å². The van der Waals surface area contributed by atoms with Crippen LogP contribution >= 0.6 is 11.6 Å². The van der Waals surface area contributed by atoms with Gasteiger partial charge in [0.05, 0.1) is 5.69 Å². The lowest BCUT2D eigenvalue weighted by Gasteiger charge is -2.33.